The lowest BCUT2D eigenvalue weighted by molar-refractivity contribution is 0.563. The van der Waals surface area contributed by atoms with Gasteiger partial charge in [-0.3, -0.25) is 0 Å². The Hall–Kier alpha value is -0.890. The smallest absolute Gasteiger partial charge is 0.126 e. The van der Waals surface area contributed by atoms with Crippen LogP contribution in [0.5, 0.6) is 0 Å². The minimum absolute atomic E-state index is 0.0887. The Balaban J connectivity index is 2.43. The second kappa shape index (κ2) is 3.11. The van der Waals surface area contributed by atoms with Gasteiger partial charge >= 0.3 is 0 Å². The summed E-state index contributed by atoms with van der Waals surface area (Å²) >= 11 is 0. The summed E-state index contributed by atoms with van der Waals surface area (Å²) in [6, 6.07) is 3.86. The standard InChI is InChI=1S/C11H14FN/c1-7-4-9-5-10(13)3-2-8(9)6-11(7)12/h4,6,10H,2-3,5,13H2,1H3/t10-/m1/s1. The second-order valence-electron chi connectivity index (χ2n) is 3.87. The quantitative estimate of drug-likeness (QED) is 0.647. The van der Waals surface area contributed by atoms with Crippen LogP contribution in [-0.2, 0) is 12.8 Å². The highest BCUT2D eigenvalue weighted by molar-refractivity contribution is 5.35. The second-order valence-corrected chi connectivity index (χ2v) is 3.87. The molecule has 1 aromatic carbocycles. The fourth-order valence-electron chi connectivity index (χ4n) is 1.93. The van der Waals surface area contributed by atoms with Crippen LogP contribution in [-0.4, -0.2) is 6.04 Å². The monoisotopic (exact) mass is 179 g/mol. The lowest BCUT2D eigenvalue weighted by Crippen LogP contribution is -2.28. The van der Waals surface area contributed by atoms with Crippen molar-refractivity contribution in [3.8, 4) is 0 Å². The van der Waals surface area contributed by atoms with Crippen LogP contribution in [0.15, 0.2) is 12.1 Å². The molecule has 1 aromatic rings. The average Bonchev–Trinajstić information content (AvgIpc) is 2.08. The third kappa shape index (κ3) is 1.59. The molecule has 0 unspecified atom stereocenters. The number of halogens is 1. The molecule has 13 heavy (non-hydrogen) atoms. The van der Waals surface area contributed by atoms with E-state index in [1.807, 2.05) is 6.07 Å². The molecule has 1 aliphatic rings. The van der Waals surface area contributed by atoms with Gasteiger partial charge < -0.3 is 5.73 Å². The number of nitrogens with two attached hydrogens (primary N) is 1. The van der Waals surface area contributed by atoms with Gasteiger partial charge in [-0.1, -0.05) is 6.07 Å². The van der Waals surface area contributed by atoms with Gasteiger partial charge in [0.25, 0.3) is 0 Å². The summed E-state index contributed by atoms with van der Waals surface area (Å²) in [6.07, 6.45) is 2.81. The van der Waals surface area contributed by atoms with Gasteiger partial charge in [-0.15, -0.1) is 0 Å². The molecule has 2 N–H and O–H groups in total. The van der Waals surface area contributed by atoms with E-state index >= 15 is 0 Å². The zero-order valence-corrected chi connectivity index (χ0v) is 7.81. The lowest BCUT2D eigenvalue weighted by atomic mass is 9.87. The average molecular weight is 179 g/mol. The Morgan fingerprint density at radius 3 is 2.92 bits per heavy atom. The zero-order valence-electron chi connectivity index (χ0n) is 7.81. The zero-order chi connectivity index (χ0) is 9.42. The molecule has 0 saturated heterocycles. The van der Waals surface area contributed by atoms with E-state index in [-0.39, 0.29) is 11.9 Å². The molecule has 0 spiro atoms. The topological polar surface area (TPSA) is 26.0 Å². The fraction of sp³-hybridized carbons (Fsp3) is 0.455. The van der Waals surface area contributed by atoms with Crippen molar-refractivity contribution >= 4 is 0 Å². The number of rotatable bonds is 0. The van der Waals surface area contributed by atoms with Gasteiger partial charge in [0.15, 0.2) is 0 Å². The van der Waals surface area contributed by atoms with Crippen molar-refractivity contribution in [3.05, 3.63) is 34.6 Å². The number of benzene rings is 1. The van der Waals surface area contributed by atoms with Crippen LogP contribution in [0, 0.1) is 12.7 Å². The van der Waals surface area contributed by atoms with E-state index < -0.39 is 0 Å². The first kappa shape index (κ1) is 8.70. The summed E-state index contributed by atoms with van der Waals surface area (Å²) in [5, 5.41) is 0. The van der Waals surface area contributed by atoms with Crippen LogP contribution in [0.1, 0.15) is 23.1 Å². The van der Waals surface area contributed by atoms with Gasteiger partial charge in [0.1, 0.15) is 5.82 Å². The van der Waals surface area contributed by atoms with Crippen LogP contribution in [0.4, 0.5) is 4.39 Å². The van der Waals surface area contributed by atoms with Crippen LogP contribution < -0.4 is 5.73 Å². The van der Waals surface area contributed by atoms with Gasteiger partial charge in [-0.2, -0.15) is 0 Å². The molecule has 0 aromatic heterocycles. The molecular formula is C11H14FN. The summed E-state index contributed by atoms with van der Waals surface area (Å²) < 4.78 is 13.2. The van der Waals surface area contributed by atoms with E-state index in [4.69, 9.17) is 5.73 Å². The van der Waals surface area contributed by atoms with Crippen LogP contribution in [0.2, 0.25) is 0 Å². The molecule has 0 fully saturated rings. The van der Waals surface area contributed by atoms with Crippen molar-refractivity contribution in [3.63, 3.8) is 0 Å². The molecule has 1 aliphatic carbocycles. The normalized spacial score (nSPS) is 21.3. The number of hydrogen-bond donors (Lipinski definition) is 1. The molecule has 0 heterocycles. The molecule has 1 nitrogen and oxygen atoms in total. The highest BCUT2D eigenvalue weighted by Gasteiger charge is 2.16. The van der Waals surface area contributed by atoms with Crippen molar-refractivity contribution in [2.45, 2.75) is 32.2 Å². The molecule has 0 radical (unpaired) electrons. The predicted molar refractivity (Wildman–Crippen MR) is 51.1 cm³/mol. The first-order valence-electron chi connectivity index (χ1n) is 4.70. The summed E-state index contributed by atoms with van der Waals surface area (Å²) in [5.74, 6) is -0.0887. The maximum Gasteiger partial charge on any atom is 0.126 e. The summed E-state index contributed by atoms with van der Waals surface area (Å²) in [5.41, 5.74) is 8.95. The molecule has 0 aliphatic heterocycles. The summed E-state index contributed by atoms with van der Waals surface area (Å²) in [7, 11) is 0. The van der Waals surface area contributed by atoms with E-state index in [0.717, 1.165) is 30.4 Å². The molecule has 2 heteroatoms. The van der Waals surface area contributed by atoms with Crippen molar-refractivity contribution in [1.29, 1.82) is 0 Å². The van der Waals surface area contributed by atoms with E-state index in [9.17, 15) is 4.39 Å². The third-order valence-corrected chi connectivity index (χ3v) is 2.75. The Bertz CT molecular complexity index is 333. The molecule has 70 valence electrons. The van der Waals surface area contributed by atoms with Gasteiger partial charge in [0.05, 0.1) is 0 Å². The van der Waals surface area contributed by atoms with Crippen molar-refractivity contribution in [2.75, 3.05) is 0 Å². The van der Waals surface area contributed by atoms with Gasteiger partial charge in [-0.25, -0.2) is 4.39 Å². The number of aryl methyl sites for hydroxylation is 2. The minimum atomic E-state index is -0.0887. The van der Waals surface area contributed by atoms with Gasteiger partial charge in [-0.05, 0) is 48.9 Å². The largest absolute Gasteiger partial charge is 0.327 e. The molecule has 1 atom stereocenters. The first-order chi connectivity index (χ1) is 6.16. The fourth-order valence-corrected chi connectivity index (χ4v) is 1.93. The van der Waals surface area contributed by atoms with Crippen molar-refractivity contribution < 1.29 is 4.39 Å². The highest BCUT2D eigenvalue weighted by Crippen LogP contribution is 2.23. The van der Waals surface area contributed by atoms with Crippen LogP contribution in [0.3, 0.4) is 0 Å². The number of hydrogen-bond acceptors (Lipinski definition) is 1. The molecule has 0 bridgehead atoms. The Morgan fingerprint density at radius 1 is 1.38 bits per heavy atom. The SMILES string of the molecule is Cc1cc2c(cc1F)CC[C@@H](N)C2. The maximum absolute atomic E-state index is 13.2. The maximum atomic E-state index is 13.2. The Labute approximate surface area is 77.8 Å². The number of fused-ring (bicyclic) bond motifs is 1. The Morgan fingerprint density at radius 2 is 2.15 bits per heavy atom. The predicted octanol–water partition coefficient (Wildman–Crippen LogP) is 1.95. The van der Waals surface area contributed by atoms with Crippen LogP contribution in [0.25, 0.3) is 0 Å². The Kier molecular flexibility index (Phi) is 2.08. The van der Waals surface area contributed by atoms with E-state index in [1.54, 1.807) is 13.0 Å². The lowest BCUT2D eigenvalue weighted by Gasteiger charge is -2.21. The van der Waals surface area contributed by atoms with Gasteiger partial charge in [0, 0.05) is 6.04 Å². The minimum Gasteiger partial charge on any atom is -0.327 e. The molecule has 2 rings (SSSR count). The van der Waals surface area contributed by atoms with Crippen molar-refractivity contribution in [2.24, 2.45) is 5.73 Å². The summed E-state index contributed by atoms with van der Waals surface area (Å²) in [6.45, 7) is 1.80. The third-order valence-electron chi connectivity index (χ3n) is 2.75. The molecule has 0 amide bonds. The molecular weight excluding hydrogens is 165 g/mol. The van der Waals surface area contributed by atoms with Gasteiger partial charge in [0.2, 0.25) is 0 Å². The van der Waals surface area contributed by atoms with Crippen molar-refractivity contribution in [1.82, 2.24) is 0 Å². The van der Waals surface area contributed by atoms with E-state index in [1.165, 1.54) is 5.56 Å². The summed E-state index contributed by atoms with van der Waals surface area (Å²) in [4.78, 5) is 0. The van der Waals surface area contributed by atoms with Crippen LogP contribution >= 0.6 is 0 Å². The molecule has 0 saturated carbocycles. The van der Waals surface area contributed by atoms with E-state index in [0.29, 0.717) is 0 Å². The first-order valence-corrected chi connectivity index (χ1v) is 4.70. The van der Waals surface area contributed by atoms with E-state index in [2.05, 4.69) is 0 Å². The highest BCUT2D eigenvalue weighted by atomic mass is 19.1.